The molecule has 0 spiro atoms. The lowest BCUT2D eigenvalue weighted by Crippen LogP contribution is -2.25. The highest BCUT2D eigenvalue weighted by molar-refractivity contribution is 5.25. The zero-order valence-corrected chi connectivity index (χ0v) is 9.66. The van der Waals surface area contributed by atoms with Crippen molar-refractivity contribution in [2.75, 3.05) is 7.05 Å². The third kappa shape index (κ3) is 4.34. The van der Waals surface area contributed by atoms with Gasteiger partial charge in [-0.2, -0.15) is 0 Å². The molecule has 1 unspecified atom stereocenters. The van der Waals surface area contributed by atoms with Gasteiger partial charge in [-0.15, -0.1) is 0 Å². The molecule has 0 aliphatic carbocycles. The molecule has 0 radical (unpaired) electrons. The number of benzene rings is 1. The van der Waals surface area contributed by atoms with E-state index in [4.69, 9.17) is 5.11 Å². The molecular formula is C13H21NO. The van der Waals surface area contributed by atoms with Crippen LogP contribution in [0.15, 0.2) is 24.3 Å². The van der Waals surface area contributed by atoms with Crippen molar-refractivity contribution < 1.29 is 5.11 Å². The van der Waals surface area contributed by atoms with E-state index >= 15 is 0 Å². The first-order valence-electron chi connectivity index (χ1n) is 5.71. The highest BCUT2D eigenvalue weighted by Crippen LogP contribution is 2.13. The van der Waals surface area contributed by atoms with E-state index in [0.717, 1.165) is 12.8 Å². The maximum absolute atomic E-state index is 9.15. The van der Waals surface area contributed by atoms with Crippen LogP contribution >= 0.6 is 0 Å². The van der Waals surface area contributed by atoms with E-state index in [1.54, 1.807) is 12.1 Å². The number of phenols is 1. The van der Waals surface area contributed by atoms with Crippen molar-refractivity contribution in [3.63, 3.8) is 0 Å². The molecule has 0 heterocycles. The topological polar surface area (TPSA) is 32.3 Å². The van der Waals surface area contributed by atoms with Crippen LogP contribution in [0, 0.1) is 0 Å². The molecule has 0 fully saturated rings. The average molecular weight is 207 g/mol. The van der Waals surface area contributed by atoms with Crippen LogP contribution in [0.1, 0.15) is 31.7 Å². The van der Waals surface area contributed by atoms with E-state index in [1.165, 1.54) is 18.4 Å². The molecule has 0 amide bonds. The van der Waals surface area contributed by atoms with Crippen molar-refractivity contribution >= 4 is 0 Å². The van der Waals surface area contributed by atoms with Crippen LogP contribution in [0.25, 0.3) is 0 Å². The van der Waals surface area contributed by atoms with Crippen molar-refractivity contribution in [1.29, 1.82) is 0 Å². The second-order valence-corrected chi connectivity index (χ2v) is 3.98. The highest BCUT2D eigenvalue weighted by Gasteiger charge is 2.04. The van der Waals surface area contributed by atoms with E-state index in [-0.39, 0.29) is 0 Å². The zero-order chi connectivity index (χ0) is 11.1. The molecule has 0 saturated carbocycles. The van der Waals surface area contributed by atoms with Gasteiger partial charge in [0.25, 0.3) is 0 Å². The zero-order valence-electron chi connectivity index (χ0n) is 9.66. The summed E-state index contributed by atoms with van der Waals surface area (Å²) < 4.78 is 0. The number of hydrogen-bond acceptors (Lipinski definition) is 2. The van der Waals surface area contributed by atoms with Crippen LogP contribution < -0.4 is 5.32 Å². The number of rotatable bonds is 6. The van der Waals surface area contributed by atoms with Gasteiger partial charge in [-0.25, -0.2) is 0 Å². The molecule has 0 aliphatic heterocycles. The minimum atomic E-state index is 0.345. The van der Waals surface area contributed by atoms with Gasteiger partial charge in [0.15, 0.2) is 0 Å². The molecule has 0 bridgehead atoms. The molecule has 0 aromatic heterocycles. The Kier molecular flexibility index (Phi) is 5.19. The van der Waals surface area contributed by atoms with Gasteiger partial charge in [-0.3, -0.25) is 0 Å². The quantitative estimate of drug-likeness (QED) is 0.751. The standard InChI is InChI=1S/C13H21NO/c1-3-4-12(14-2)8-5-11-6-9-13(15)10-7-11/h6-7,9-10,12,14-15H,3-5,8H2,1-2H3. The van der Waals surface area contributed by atoms with Crippen LogP contribution in [-0.2, 0) is 6.42 Å². The molecule has 0 saturated heterocycles. The normalized spacial score (nSPS) is 12.7. The van der Waals surface area contributed by atoms with Gasteiger partial charge < -0.3 is 10.4 Å². The van der Waals surface area contributed by atoms with Crippen LogP contribution in [0.5, 0.6) is 5.75 Å². The molecule has 0 aliphatic rings. The summed E-state index contributed by atoms with van der Waals surface area (Å²) in [5.74, 6) is 0.345. The first-order valence-corrected chi connectivity index (χ1v) is 5.71. The predicted molar refractivity (Wildman–Crippen MR) is 64.2 cm³/mol. The lowest BCUT2D eigenvalue weighted by molar-refractivity contribution is 0.473. The molecule has 1 aromatic carbocycles. The first-order chi connectivity index (χ1) is 7.26. The summed E-state index contributed by atoms with van der Waals surface area (Å²) >= 11 is 0. The minimum Gasteiger partial charge on any atom is -0.508 e. The monoisotopic (exact) mass is 207 g/mol. The summed E-state index contributed by atoms with van der Waals surface area (Å²) in [6, 6.07) is 8.11. The van der Waals surface area contributed by atoms with Crippen molar-refractivity contribution in [3.8, 4) is 5.75 Å². The number of phenolic OH excluding ortho intramolecular Hbond substituents is 1. The largest absolute Gasteiger partial charge is 0.508 e. The lowest BCUT2D eigenvalue weighted by Gasteiger charge is -2.14. The fourth-order valence-electron chi connectivity index (χ4n) is 1.78. The van der Waals surface area contributed by atoms with Crippen LogP contribution in [0.2, 0.25) is 0 Å². The fourth-order valence-corrected chi connectivity index (χ4v) is 1.78. The Bertz CT molecular complexity index is 268. The predicted octanol–water partition coefficient (Wildman–Crippen LogP) is 2.71. The third-order valence-corrected chi connectivity index (χ3v) is 2.76. The van der Waals surface area contributed by atoms with Crippen molar-refractivity contribution in [2.24, 2.45) is 0 Å². The van der Waals surface area contributed by atoms with Gasteiger partial charge in [-0.1, -0.05) is 25.5 Å². The molecule has 2 nitrogen and oxygen atoms in total. The van der Waals surface area contributed by atoms with Crippen LogP contribution in [0.3, 0.4) is 0 Å². The molecule has 1 aromatic rings. The van der Waals surface area contributed by atoms with Gasteiger partial charge in [0.1, 0.15) is 5.75 Å². The average Bonchev–Trinajstić information content (AvgIpc) is 2.26. The fraction of sp³-hybridized carbons (Fsp3) is 0.538. The second-order valence-electron chi connectivity index (χ2n) is 3.98. The Morgan fingerprint density at radius 2 is 1.87 bits per heavy atom. The van der Waals surface area contributed by atoms with Gasteiger partial charge in [0, 0.05) is 6.04 Å². The Morgan fingerprint density at radius 3 is 2.40 bits per heavy atom. The highest BCUT2D eigenvalue weighted by atomic mass is 16.3. The SMILES string of the molecule is CCCC(CCc1ccc(O)cc1)NC. The first kappa shape index (κ1) is 12.1. The molecule has 1 rings (SSSR count). The van der Waals surface area contributed by atoms with Crippen molar-refractivity contribution in [2.45, 2.75) is 38.6 Å². The Hall–Kier alpha value is -1.02. The molecule has 2 N–H and O–H groups in total. The minimum absolute atomic E-state index is 0.345. The number of aromatic hydroxyl groups is 1. The molecule has 84 valence electrons. The maximum atomic E-state index is 9.15. The van der Waals surface area contributed by atoms with Gasteiger partial charge >= 0.3 is 0 Å². The van der Waals surface area contributed by atoms with E-state index < -0.39 is 0 Å². The Labute approximate surface area is 92.3 Å². The Balaban J connectivity index is 2.38. The molecule has 2 heteroatoms. The summed E-state index contributed by atoms with van der Waals surface area (Å²) in [5, 5.41) is 12.5. The lowest BCUT2D eigenvalue weighted by atomic mass is 10.0. The van der Waals surface area contributed by atoms with Gasteiger partial charge in [0.05, 0.1) is 0 Å². The summed E-state index contributed by atoms with van der Waals surface area (Å²) in [5.41, 5.74) is 1.30. The summed E-state index contributed by atoms with van der Waals surface area (Å²) in [7, 11) is 2.02. The third-order valence-electron chi connectivity index (χ3n) is 2.76. The molecule has 15 heavy (non-hydrogen) atoms. The van der Waals surface area contributed by atoms with Gasteiger partial charge in [-0.05, 0) is 44.0 Å². The van der Waals surface area contributed by atoms with E-state index in [9.17, 15) is 0 Å². The van der Waals surface area contributed by atoms with E-state index in [0.29, 0.717) is 11.8 Å². The molecule has 1 atom stereocenters. The molecular weight excluding hydrogens is 186 g/mol. The Morgan fingerprint density at radius 1 is 1.20 bits per heavy atom. The summed E-state index contributed by atoms with van der Waals surface area (Å²) in [6.45, 7) is 2.21. The van der Waals surface area contributed by atoms with Gasteiger partial charge in [0.2, 0.25) is 0 Å². The van der Waals surface area contributed by atoms with Crippen molar-refractivity contribution in [1.82, 2.24) is 5.32 Å². The maximum Gasteiger partial charge on any atom is 0.115 e. The summed E-state index contributed by atoms with van der Waals surface area (Å²) in [4.78, 5) is 0. The van der Waals surface area contributed by atoms with Crippen LogP contribution in [-0.4, -0.2) is 18.2 Å². The smallest absolute Gasteiger partial charge is 0.115 e. The number of aryl methyl sites for hydroxylation is 1. The second kappa shape index (κ2) is 6.46. The summed E-state index contributed by atoms with van der Waals surface area (Å²) in [6.07, 6.45) is 4.69. The van der Waals surface area contributed by atoms with Crippen molar-refractivity contribution in [3.05, 3.63) is 29.8 Å². The van der Waals surface area contributed by atoms with E-state index in [2.05, 4.69) is 12.2 Å². The number of nitrogens with one attached hydrogen (secondary N) is 1. The number of hydrogen-bond donors (Lipinski definition) is 2. The van der Waals surface area contributed by atoms with E-state index in [1.807, 2.05) is 19.2 Å². The van der Waals surface area contributed by atoms with Crippen LogP contribution in [0.4, 0.5) is 0 Å².